The van der Waals surface area contributed by atoms with Gasteiger partial charge in [-0.3, -0.25) is 4.98 Å². The molecule has 0 aliphatic rings. The molecule has 88 valence electrons. The van der Waals surface area contributed by atoms with Crippen LogP contribution in [0.1, 0.15) is 24.9 Å². The lowest BCUT2D eigenvalue weighted by Crippen LogP contribution is -2.16. The van der Waals surface area contributed by atoms with Crippen LogP contribution in [0.3, 0.4) is 0 Å². The van der Waals surface area contributed by atoms with Gasteiger partial charge in [0.05, 0.1) is 5.52 Å². The lowest BCUT2D eigenvalue weighted by Gasteiger charge is -2.17. The first-order valence-electron chi connectivity index (χ1n) is 5.87. The van der Waals surface area contributed by atoms with Gasteiger partial charge in [0.1, 0.15) is 0 Å². The smallest absolute Gasteiger partial charge is 0.0702 e. The van der Waals surface area contributed by atoms with E-state index in [1.54, 1.807) is 0 Å². The summed E-state index contributed by atoms with van der Waals surface area (Å²) in [6.07, 6.45) is 2.79. The summed E-state index contributed by atoms with van der Waals surface area (Å²) in [6, 6.07) is 10.8. The van der Waals surface area contributed by atoms with Crippen molar-refractivity contribution in [2.75, 3.05) is 7.05 Å². The van der Waals surface area contributed by atoms with Gasteiger partial charge in [-0.2, -0.15) is 0 Å². The van der Waals surface area contributed by atoms with Gasteiger partial charge in [0.25, 0.3) is 0 Å². The van der Waals surface area contributed by atoms with Gasteiger partial charge in [-0.25, -0.2) is 0 Å². The van der Waals surface area contributed by atoms with Crippen molar-refractivity contribution in [2.45, 2.75) is 19.4 Å². The predicted octanol–water partition coefficient (Wildman–Crippen LogP) is 3.46. The molecule has 2 rings (SSSR count). The van der Waals surface area contributed by atoms with E-state index in [1.165, 1.54) is 16.5 Å². The molecule has 0 amide bonds. The van der Waals surface area contributed by atoms with Crippen LogP contribution >= 0.6 is 0 Å². The highest BCUT2D eigenvalue weighted by molar-refractivity contribution is 5.79. The van der Waals surface area contributed by atoms with Crippen molar-refractivity contribution in [1.29, 1.82) is 0 Å². The number of nitrogens with one attached hydrogen (secondary N) is 1. The van der Waals surface area contributed by atoms with E-state index in [0.29, 0.717) is 6.04 Å². The van der Waals surface area contributed by atoms with Gasteiger partial charge < -0.3 is 5.32 Å². The second kappa shape index (κ2) is 5.11. The Morgan fingerprint density at radius 1 is 1.41 bits per heavy atom. The van der Waals surface area contributed by atoms with Crippen LogP contribution in [-0.4, -0.2) is 12.0 Å². The molecule has 1 aromatic carbocycles. The van der Waals surface area contributed by atoms with Crippen LogP contribution in [-0.2, 0) is 0 Å². The van der Waals surface area contributed by atoms with Crippen LogP contribution in [0.15, 0.2) is 48.7 Å². The maximum absolute atomic E-state index is 4.33. The Morgan fingerprint density at radius 3 is 2.94 bits per heavy atom. The minimum atomic E-state index is 0.331. The number of rotatable bonds is 4. The number of aromatic nitrogens is 1. The minimum absolute atomic E-state index is 0.331. The molecule has 0 saturated heterocycles. The van der Waals surface area contributed by atoms with E-state index in [0.717, 1.165) is 11.9 Å². The van der Waals surface area contributed by atoms with Crippen LogP contribution in [0.4, 0.5) is 0 Å². The van der Waals surface area contributed by atoms with E-state index in [9.17, 15) is 0 Å². The SMILES string of the molecule is C=C(C)CC(NC)c1ccc2ncccc2c1. The Balaban J connectivity index is 2.37. The predicted molar refractivity (Wildman–Crippen MR) is 73.0 cm³/mol. The molecule has 1 N–H and O–H groups in total. The average molecular weight is 226 g/mol. The summed E-state index contributed by atoms with van der Waals surface area (Å²) in [4.78, 5) is 4.33. The second-order valence-electron chi connectivity index (χ2n) is 4.46. The standard InChI is InChI=1S/C15H18N2/c1-11(2)9-15(16-3)13-6-7-14-12(10-13)5-4-8-17-14/h4-8,10,15-16H,1,9H2,2-3H3. The summed E-state index contributed by atoms with van der Waals surface area (Å²) in [6.45, 7) is 6.04. The highest BCUT2D eigenvalue weighted by Crippen LogP contribution is 2.23. The molecule has 0 spiro atoms. The van der Waals surface area contributed by atoms with Crippen molar-refractivity contribution in [1.82, 2.24) is 10.3 Å². The average Bonchev–Trinajstić information content (AvgIpc) is 2.35. The highest BCUT2D eigenvalue weighted by atomic mass is 14.9. The van der Waals surface area contributed by atoms with Crippen molar-refractivity contribution in [2.24, 2.45) is 0 Å². The summed E-state index contributed by atoms with van der Waals surface area (Å²) in [5.74, 6) is 0. The van der Waals surface area contributed by atoms with Crippen LogP contribution < -0.4 is 5.32 Å². The first kappa shape index (κ1) is 11.8. The normalized spacial score (nSPS) is 12.6. The Labute approximate surface area is 102 Å². The van der Waals surface area contributed by atoms with E-state index in [2.05, 4.69) is 48.1 Å². The van der Waals surface area contributed by atoms with Crippen molar-refractivity contribution in [3.8, 4) is 0 Å². The van der Waals surface area contributed by atoms with Gasteiger partial charge in [-0.15, -0.1) is 6.58 Å². The fraction of sp³-hybridized carbons (Fsp3) is 0.267. The molecule has 0 aliphatic heterocycles. The Bertz CT molecular complexity index is 531. The number of nitrogens with zero attached hydrogens (tertiary/aromatic N) is 1. The topological polar surface area (TPSA) is 24.9 Å². The molecule has 0 bridgehead atoms. The molecule has 1 aromatic heterocycles. The number of hydrogen-bond acceptors (Lipinski definition) is 2. The summed E-state index contributed by atoms with van der Waals surface area (Å²) in [7, 11) is 1.99. The highest BCUT2D eigenvalue weighted by Gasteiger charge is 2.09. The molecular formula is C15H18N2. The molecule has 2 heteroatoms. The largest absolute Gasteiger partial charge is 0.313 e. The van der Waals surface area contributed by atoms with E-state index in [4.69, 9.17) is 0 Å². The van der Waals surface area contributed by atoms with Crippen molar-refractivity contribution >= 4 is 10.9 Å². The molecule has 1 heterocycles. The number of hydrogen-bond donors (Lipinski definition) is 1. The first-order chi connectivity index (χ1) is 8.20. The third kappa shape index (κ3) is 2.71. The van der Waals surface area contributed by atoms with Gasteiger partial charge in [0.15, 0.2) is 0 Å². The molecule has 0 aliphatic carbocycles. The maximum Gasteiger partial charge on any atom is 0.0702 e. The molecule has 17 heavy (non-hydrogen) atoms. The quantitative estimate of drug-likeness (QED) is 0.807. The molecule has 2 nitrogen and oxygen atoms in total. The number of benzene rings is 1. The molecule has 1 unspecified atom stereocenters. The Kier molecular flexibility index (Phi) is 3.55. The van der Waals surface area contributed by atoms with Gasteiger partial charge in [0.2, 0.25) is 0 Å². The van der Waals surface area contributed by atoms with Gasteiger partial charge >= 0.3 is 0 Å². The zero-order valence-electron chi connectivity index (χ0n) is 10.4. The van der Waals surface area contributed by atoms with E-state index < -0.39 is 0 Å². The third-order valence-corrected chi connectivity index (χ3v) is 2.93. The van der Waals surface area contributed by atoms with Gasteiger partial charge in [-0.1, -0.05) is 17.7 Å². The van der Waals surface area contributed by atoms with Crippen LogP contribution in [0, 0.1) is 0 Å². The summed E-state index contributed by atoms with van der Waals surface area (Å²) < 4.78 is 0. The lowest BCUT2D eigenvalue weighted by atomic mass is 9.99. The summed E-state index contributed by atoms with van der Waals surface area (Å²) in [5, 5.41) is 4.52. The fourth-order valence-corrected chi connectivity index (χ4v) is 2.05. The molecular weight excluding hydrogens is 208 g/mol. The minimum Gasteiger partial charge on any atom is -0.313 e. The lowest BCUT2D eigenvalue weighted by molar-refractivity contribution is 0.590. The summed E-state index contributed by atoms with van der Waals surface area (Å²) in [5.41, 5.74) is 3.52. The molecule has 1 atom stereocenters. The zero-order valence-corrected chi connectivity index (χ0v) is 10.4. The molecule has 0 fully saturated rings. The van der Waals surface area contributed by atoms with E-state index in [-0.39, 0.29) is 0 Å². The fourth-order valence-electron chi connectivity index (χ4n) is 2.05. The van der Waals surface area contributed by atoms with Crippen molar-refractivity contribution < 1.29 is 0 Å². The van der Waals surface area contributed by atoms with Crippen LogP contribution in [0.5, 0.6) is 0 Å². The van der Waals surface area contributed by atoms with Crippen molar-refractivity contribution in [3.05, 3.63) is 54.2 Å². The molecule has 2 aromatic rings. The zero-order chi connectivity index (χ0) is 12.3. The van der Waals surface area contributed by atoms with Crippen LogP contribution in [0.2, 0.25) is 0 Å². The molecule has 0 saturated carbocycles. The monoisotopic (exact) mass is 226 g/mol. The van der Waals surface area contributed by atoms with Gasteiger partial charge in [0, 0.05) is 17.6 Å². The Morgan fingerprint density at radius 2 is 2.24 bits per heavy atom. The van der Waals surface area contributed by atoms with Crippen LogP contribution in [0.25, 0.3) is 10.9 Å². The van der Waals surface area contributed by atoms with Crippen molar-refractivity contribution in [3.63, 3.8) is 0 Å². The van der Waals surface area contributed by atoms with E-state index in [1.807, 2.05) is 19.3 Å². The maximum atomic E-state index is 4.33. The summed E-state index contributed by atoms with van der Waals surface area (Å²) >= 11 is 0. The number of pyridine rings is 1. The Hall–Kier alpha value is -1.67. The van der Waals surface area contributed by atoms with Gasteiger partial charge in [-0.05, 0) is 44.2 Å². The number of fused-ring (bicyclic) bond motifs is 1. The first-order valence-corrected chi connectivity index (χ1v) is 5.87. The third-order valence-electron chi connectivity index (χ3n) is 2.93. The second-order valence-corrected chi connectivity index (χ2v) is 4.46. The molecule has 0 radical (unpaired) electrons. The van der Waals surface area contributed by atoms with E-state index >= 15 is 0 Å².